The Kier molecular flexibility index (Phi) is 33.2. The van der Waals surface area contributed by atoms with Crippen molar-refractivity contribution in [3.05, 3.63) is 320 Å². The number of ether oxygens (including phenoxy) is 4. The summed E-state index contributed by atoms with van der Waals surface area (Å²) in [7, 11) is 0. The molecule has 4 amide bonds. The summed E-state index contributed by atoms with van der Waals surface area (Å²) in [6.07, 6.45) is 3.04. The third-order valence-electron chi connectivity index (χ3n) is 25.7. The number of nitrogen functional groups attached to an aromatic ring is 4. The Morgan fingerprint density at radius 1 is 0.406 bits per heavy atom. The van der Waals surface area contributed by atoms with E-state index in [1.165, 1.54) is 36.1 Å². The highest BCUT2D eigenvalue weighted by Gasteiger charge is 2.50. The zero-order chi connectivity index (χ0) is 99.1. The molecule has 1 spiro atoms. The molecular weight excluding hydrogens is 1730 g/mol. The van der Waals surface area contributed by atoms with Crippen LogP contribution in [0.25, 0.3) is 0 Å². The van der Waals surface area contributed by atoms with E-state index in [2.05, 4.69) is 57.7 Å². The van der Waals surface area contributed by atoms with Gasteiger partial charge in [0.05, 0.1) is 31.9 Å². The number of phenolic OH excluding ortho intramolecular Hbond substituents is 1. The molecule has 0 fully saturated rings. The molecule has 722 valence electrons. The Labute approximate surface area is 810 Å². The number of fused-ring (bicyclic) bond motifs is 10. The molecule has 138 heavy (non-hydrogen) atoms. The maximum Gasteiger partial charge on any atom is 0.228 e. The molecule has 0 radical (unpaired) electrons. The number of amides is 4. The van der Waals surface area contributed by atoms with Crippen molar-refractivity contribution in [1.29, 1.82) is 0 Å². The Hall–Kier alpha value is -13.7. The number of hydrogen-bond acceptors (Lipinski definition) is 19. The summed E-state index contributed by atoms with van der Waals surface area (Å²) < 4.78 is 25.5. The van der Waals surface area contributed by atoms with Crippen molar-refractivity contribution in [3.63, 3.8) is 0 Å². The number of aliphatic hydroxyl groups excluding tert-OH is 2. The Morgan fingerprint density at radius 3 is 1.28 bits per heavy atom. The molecule has 15 N–H and O–H groups in total. The predicted octanol–water partition coefficient (Wildman–Crippen LogP) is 20.4. The highest BCUT2D eigenvalue weighted by Crippen LogP contribution is 2.57. The lowest BCUT2D eigenvalue weighted by Gasteiger charge is -2.37. The van der Waals surface area contributed by atoms with Gasteiger partial charge >= 0.3 is 0 Å². The second-order valence-electron chi connectivity index (χ2n) is 40.0. The van der Waals surface area contributed by atoms with E-state index in [0.717, 1.165) is 84.6 Å². The Balaban J connectivity index is 0.000000188. The standard InChI is InChI=1S/C49H61N3O7.C45H51N3O7.C21H20N2O/c1-29(2)21-34(23-31(5)54)48(57)52-42(22-30(3)4)43(55)25-35(24-32-13-17-38(18-14-32)59-49(6,7)8)47(56)51-37-16-20-41-45(27-37)58-44-26-36(50)15-19-40(44)46(41)39-12-10-9-11-33(39)28-53;1-26(2)18-31(20-28(5)49)44(53)48-39(19-27(3)4)40(51)22-32(21-29-10-14-35(50)15-11-29)43(52)47-34-13-17-38-42(24-34)55-41-23-33(46)12-16-37(41)45(38)36-9-7-6-8-30(36)25-54-45;22-16-5-7-19-14(10-16)9-15-11-17(23)6-8-20(15)21(19)18-4-2-1-3-13(18)12-24/h9-20,26-27,29-30,34-35,42,46,53H,21-25,28,50H2,1-8H3,(H,51,56)(H,52,57);6-17,23-24,26-27,31-32,39,50H,18-22,25,46H2,1-5H3,(H,47,52)(H,48,53);1-8,10-11,21,24H,9,12,22-23H2/t34-,35-,42+,46?;31-,32-,39+,45?;/m11./s1. The van der Waals surface area contributed by atoms with Crippen LogP contribution >= 0.6 is 0 Å². The number of rotatable bonds is 35. The van der Waals surface area contributed by atoms with Crippen LogP contribution in [0.5, 0.6) is 34.5 Å². The lowest BCUT2D eigenvalue weighted by Crippen LogP contribution is -2.46. The van der Waals surface area contributed by atoms with Crippen LogP contribution in [0.4, 0.5) is 34.1 Å². The molecule has 23 heteroatoms. The van der Waals surface area contributed by atoms with Crippen LogP contribution in [-0.2, 0) is 87.8 Å². The number of carbonyl (C=O) groups excluding carboxylic acids is 8. The van der Waals surface area contributed by atoms with E-state index in [-0.39, 0.29) is 145 Å². The summed E-state index contributed by atoms with van der Waals surface area (Å²) in [5, 5.41) is 42.0. The number of ketones is 4. The lowest BCUT2D eigenvalue weighted by molar-refractivity contribution is -0.133. The van der Waals surface area contributed by atoms with E-state index in [1.807, 2.05) is 216 Å². The molecule has 1 aliphatic carbocycles. The topological polar surface area (TPSA) is 386 Å². The van der Waals surface area contributed by atoms with Gasteiger partial charge in [0.25, 0.3) is 0 Å². The molecule has 23 nitrogen and oxygen atoms in total. The van der Waals surface area contributed by atoms with Crippen LogP contribution < -0.4 is 58.4 Å². The first kappa shape index (κ1) is 102. The number of anilines is 6. The van der Waals surface area contributed by atoms with Crippen molar-refractivity contribution in [2.24, 2.45) is 47.3 Å². The van der Waals surface area contributed by atoms with Crippen molar-refractivity contribution < 1.29 is 72.6 Å². The minimum absolute atomic E-state index is 0.0291. The summed E-state index contributed by atoms with van der Waals surface area (Å²) in [6.45, 7) is 25.1. The molecule has 11 aromatic rings. The van der Waals surface area contributed by atoms with Gasteiger partial charge in [-0.25, -0.2) is 0 Å². The van der Waals surface area contributed by atoms with Crippen LogP contribution in [0, 0.1) is 47.3 Å². The fourth-order valence-electron chi connectivity index (χ4n) is 19.5. The second-order valence-corrected chi connectivity index (χ2v) is 40.0. The Morgan fingerprint density at radius 2 is 0.797 bits per heavy atom. The van der Waals surface area contributed by atoms with Crippen LogP contribution in [-0.4, -0.2) is 79.8 Å². The van der Waals surface area contributed by atoms with E-state index in [9.17, 15) is 53.7 Å². The smallest absolute Gasteiger partial charge is 0.228 e. The van der Waals surface area contributed by atoms with Gasteiger partial charge in [-0.05, 0) is 255 Å². The maximum atomic E-state index is 14.4. The zero-order valence-electron chi connectivity index (χ0n) is 81.3. The van der Waals surface area contributed by atoms with Gasteiger partial charge in [0.15, 0.2) is 17.2 Å². The highest BCUT2D eigenvalue weighted by atomic mass is 16.5. The predicted molar refractivity (Wildman–Crippen MR) is 542 cm³/mol. The van der Waals surface area contributed by atoms with Crippen LogP contribution in [0.15, 0.2) is 231 Å². The molecule has 0 bridgehead atoms. The molecule has 0 saturated carbocycles. The van der Waals surface area contributed by atoms with Gasteiger partial charge in [-0.15, -0.1) is 0 Å². The molecule has 3 heterocycles. The third-order valence-corrected chi connectivity index (χ3v) is 25.7. The fraction of sp³-hybridized carbons (Fsp3) is 0.357. The zero-order valence-corrected chi connectivity index (χ0v) is 81.3. The van der Waals surface area contributed by atoms with Gasteiger partial charge in [-0.2, -0.15) is 0 Å². The Bertz CT molecular complexity index is 6210. The van der Waals surface area contributed by atoms with Gasteiger partial charge in [0.2, 0.25) is 23.6 Å². The molecule has 4 aliphatic rings. The molecule has 11 aromatic carbocycles. The number of nitrogens with one attached hydrogen (secondary N) is 4. The number of hydrogen-bond donors (Lipinski definition) is 11. The van der Waals surface area contributed by atoms with Gasteiger partial charge in [0, 0.05) is 142 Å². The van der Waals surface area contributed by atoms with Crippen molar-refractivity contribution in [2.45, 2.75) is 216 Å². The average molecular weight is 1870 g/mol. The van der Waals surface area contributed by atoms with Crippen LogP contribution in [0.2, 0.25) is 0 Å². The van der Waals surface area contributed by atoms with E-state index >= 15 is 0 Å². The number of benzene rings is 11. The minimum Gasteiger partial charge on any atom is -0.508 e. The summed E-state index contributed by atoms with van der Waals surface area (Å²) >= 11 is 0. The number of aliphatic hydroxyl groups is 2. The summed E-state index contributed by atoms with van der Waals surface area (Å²) in [6, 6.07) is 70.6. The maximum absolute atomic E-state index is 14.4. The van der Waals surface area contributed by atoms with Gasteiger partial charge in [0.1, 0.15) is 51.7 Å². The number of Topliss-reactive ketones (excluding diaryl/α,β-unsaturated/α-hetero) is 4. The molecule has 2 unspecified atom stereocenters. The van der Waals surface area contributed by atoms with E-state index < -0.39 is 41.4 Å². The molecular formula is C115H132N8O15. The van der Waals surface area contributed by atoms with Crippen LogP contribution in [0.3, 0.4) is 0 Å². The average Bonchev–Trinajstić information content (AvgIpc) is 1.51. The first-order chi connectivity index (χ1) is 65.8. The van der Waals surface area contributed by atoms with Crippen molar-refractivity contribution in [2.75, 3.05) is 33.6 Å². The molecule has 15 rings (SSSR count). The second kappa shape index (κ2) is 45.0. The van der Waals surface area contributed by atoms with Gasteiger partial charge in [-0.3, -0.25) is 28.8 Å². The normalized spacial score (nSPS) is 15.5. The molecule has 0 saturated heterocycles. The summed E-state index contributed by atoms with van der Waals surface area (Å²) in [5.74, 6) is -1.51. The van der Waals surface area contributed by atoms with Gasteiger partial charge in [-0.1, -0.05) is 177 Å². The van der Waals surface area contributed by atoms with E-state index in [4.69, 9.17) is 41.9 Å². The number of aromatic hydroxyl groups is 1. The highest BCUT2D eigenvalue weighted by molar-refractivity contribution is 6.00. The third kappa shape index (κ3) is 25.4. The van der Waals surface area contributed by atoms with Crippen molar-refractivity contribution >= 4 is 80.9 Å². The van der Waals surface area contributed by atoms with E-state index in [0.29, 0.717) is 83.8 Å². The molecule has 8 atom stereocenters. The minimum atomic E-state index is -0.933. The van der Waals surface area contributed by atoms with E-state index in [1.54, 1.807) is 54.6 Å². The molecule has 3 aliphatic heterocycles. The van der Waals surface area contributed by atoms with Crippen LogP contribution in [0.1, 0.15) is 242 Å². The first-order valence-corrected chi connectivity index (χ1v) is 47.9. The van der Waals surface area contributed by atoms with Crippen molar-refractivity contribution in [3.8, 4) is 34.5 Å². The number of nitrogens with two attached hydrogens (primary N) is 4. The monoisotopic (exact) mass is 1860 g/mol. The number of phenols is 1. The largest absolute Gasteiger partial charge is 0.508 e. The number of carbonyl (C=O) groups is 8. The lowest BCUT2D eigenvalue weighted by atomic mass is 9.73. The SMILES string of the molecule is CC(=O)C[C@@H](CC(C)C)C(=O)N[C@@H](CC(C)C)C(=O)C[C@@H](Cc1ccc(O)cc1)C(=O)Nc1ccc2c(c1)Oc1cc(N)ccc1C21OCc2ccccc21.CC(=O)C[C@@H](CC(C)C)C(=O)N[C@@H](CC(C)C)C(=O)C[C@@H](Cc1ccc(OC(C)(C)C)cc1)C(=O)Nc1ccc2c(c1)Oc1cc(N)ccc1C2c1ccccc1CO.Nc1ccc2c(c1)Cc1cc(N)ccc1C2c1ccccc1CO. The fourth-order valence-corrected chi connectivity index (χ4v) is 19.5. The summed E-state index contributed by atoms with van der Waals surface area (Å²) in [4.78, 5) is 108. The molecule has 0 aromatic heterocycles. The summed E-state index contributed by atoms with van der Waals surface area (Å²) in [5.41, 5.74) is 42.5. The first-order valence-electron chi connectivity index (χ1n) is 47.9. The van der Waals surface area contributed by atoms with Crippen molar-refractivity contribution in [1.82, 2.24) is 10.6 Å². The van der Waals surface area contributed by atoms with Gasteiger partial charge < -0.3 is 88.1 Å². The quantitative estimate of drug-likeness (QED) is 0.0164.